The van der Waals surface area contributed by atoms with Crippen molar-refractivity contribution in [2.75, 3.05) is 37.8 Å². The van der Waals surface area contributed by atoms with E-state index >= 15 is 0 Å². The van der Waals surface area contributed by atoms with Gasteiger partial charge in [-0.1, -0.05) is 35.1 Å². The Morgan fingerprint density at radius 3 is 2.31 bits per heavy atom. The molecule has 1 aromatic heterocycles. The number of thiazole rings is 1. The minimum Gasteiger partial charge on any atom is -0.308 e. The highest BCUT2D eigenvalue weighted by molar-refractivity contribution is 7.91. The average Bonchev–Trinajstić information content (AvgIpc) is 3.17. The van der Waals surface area contributed by atoms with Crippen LogP contribution in [0.4, 0.5) is 5.13 Å². The Labute approximate surface area is 198 Å². The highest BCUT2D eigenvalue weighted by atomic mass is 35.5. The molecule has 6 nitrogen and oxygen atoms in total. The number of aryl methyl sites for hydroxylation is 2. The summed E-state index contributed by atoms with van der Waals surface area (Å²) in [6.07, 6.45) is 0.374. The van der Waals surface area contributed by atoms with E-state index in [4.69, 9.17) is 16.6 Å². The van der Waals surface area contributed by atoms with Crippen LogP contribution >= 0.6 is 22.9 Å². The second-order valence-corrected chi connectivity index (χ2v) is 11.6. The summed E-state index contributed by atoms with van der Waals surface area (Å²) in [5.74, 6) is -0.215. The summed E-state index contributed by atoms with van der Waals surface area (Å²) in [6.45, 7) is 5.23. The van der Waals surface area contributed by atoms with Gasteiger partial charge >= 0.3 is 0 Å². The van der Waals surface area contributed by atoms with Crippen LogP contribution in [0.3, 0.4) is 0 Å². The Balaban J connectivity index is 1.76. The molecule has 0 bridgehead atoms. The number of sulfone groups is 1. The maximum atomic E-state index is 13.1. The van der Waals surface area contributed by atoms with E-state index in [9.17, 15) is 13.2 Å². The van der Waals surface area contributed by atoms with Crippen molar-refractivity contribution in [1.82, 2.24) is 9.88 Å². The smallest absolute Gasteiger partial charge is 0.228 e. The van der Waals surface area contributed by atoms with Gasteiger partial charge in [0, 0.05) is 24.5 Å². The Bertz CT molecular complexity index is 1170. The summed E-state index contributed by atoms with van der Waals surface area (Å²) in [7, 11) is 0.434. The van der Waals surface area contributed by atoms with Crippen LogP contribution in [-0.4, -0.2) is 57.1 Å². The normalized spacial score (nSPS) is 11.9. The molecule has 0 saturated heterocycles. The van der Waals surface area contributed by atoms with Crippen LogP contribution in [-0.2, 0) is 14.6 Å². The van der Waals surface area contributed by atoms with Crippen molar-refractivity contribution in [2.24, 2.45) is 0 Å². The molecule has 1 amide bonds. The number of aromatic nitrogens is 1. The van der Waals surface area contributed by atoms with Gasteiger partial charge in [-0.2, -0.15) is 0 Å². The summed E-state index contributed by atoms with van der Waals surface area (Å²) < 4.78 is 26.3. The summed E-state index contributed by atoms with van der Waals surface area (Å²) in [6, 6.07) is 10.2. The van der Waals surface area contributed by atoms with Gasteiger partial charge in [0.05, 0.1) is 20.9 Å². The molecular formula is C23H28ClN3O3S2. The molecular weight excluding hydrogens is 466 g/mol. The Kier molecular flexibility index (Phi) is 7.92. The van der Waals surface area contributed by atoms with Crippen LogP contribution in [0.25, 0.3) is 10.2 Å². The number of benzene rings is 2. The molecule has 0 aliphatic rings. The van der Waals surface area contributed by atoms with E-state index < -0.39 is 9.84 Å². The first-order valence-electron chi connectivity index (χ1n) is 10.4. The van der Waals surface area contributed by atoms with Gasteiger partial charge in [-0.15, -0.1) is 0 Å². The molecule has 9 heteroatoms. The number of nitrogens with zero attached hydrogens (tertiary/aromatic N) is 3. The van der Waals surface area contributed by atoms with E-state index in [2.05, 4.69) is 6.07 Å². The molecule has 0 aliphatic heterocycles. The first-order valence-corrected chi connectivity index (χ1v) is 13.2. The molecule has 0 radical (unpaired) electrons. The van der Waals surface area contributed by atoms with Gasteiger partial charge in [-0.3, -0.25) is 9.69 Å². The quantitative estimate of drug-likeness (QED) is 0.431. The Morgan fingerprint density at radius 1 is 1.03 bits per heavy atom. The molecule has 3 aromatic rings. The van der Waals surface area contributed by atoms with Crippen molar-refractivity contribution in [3.63, 3.8) is 0 Å². The summed E-state index contributed by atoms with van der Waals surface area (Å²) in [5.41, 5.74) is 3.11. The van der Waals surface area contributed by atoms with Crippen molar-refractivity contribution in [3.8, 4) is 0 Å². The van der Waals surface area contributed by atoms with Crippen molar-refractivity contribution in [3.05, 3.63) is 52.5 Å². The van der Waals surface area contributed by atoms with Crippen molar-refractivity contribution >= 4 is 54.0 Å². The summed E-state index contributed by atoms with van der Waals surface area (Å²) in [4.78, 5) is 21.8. The minimum atomic E-state index is -3.47. The van der Waals surface area contributed by atoms with Crippen LogP contribution in [0.1, 0.15) is 24.0 Å². The van der Waals surface area contributed by atoms with Gasteiger partial charge in [0.15, 0.2) is 15.0 Å². The van der Waals surface area contributed by atoms with Crippen molar-refractivity contribution in [2.45, 2.75) is 31.6 Å². The minimum absolute atomic E-state index is 0.0973. The Hall–Kier alpha value is -2.00. The predicted octanol–water partition coefficient (Wildman–Crippen LogP) is 4.72. The fourth-order valence-corrected chi connectivity index (χ4v) is 5.89. The number of hydrogen-bond donors (Lipinski definition) is 0. The molecule has 32 heavy (non-hydrogen) atoms. The topological polar surface area (TPSA) is 70.6 Å². The molecule has 172 valence electrons. The molecule has 0 unspecified atom stereocenters. The fourth-order valence-electron chi connectivity index (χ4n) is 3.30. The zero-order valence-corrected chi connectivity index (χ0v) is 21.1. The highest BCUT2D eigenvalue weighted by Gasteiger charge is 2.22. The van der Waals surface area contributed by atoms with E-state index in [-0.39, 0.29) is 29.4 Å². The standard InChI is InChI=1S/C23H28ClN3O3S2/c1-16-7-8-17(2)22-21(16)25-23(31-22)27(14-13-26(3)4)20(28)6-5-15-32(29,30)19-11-9-18(24)10-12-19/h7-12H,5-6,13-15H2,1-4H3. The van der Waals surface area contributed by atoms with Gasteiger partial charge in [0.2, 0.25) is 5.91 Å². The van der Waals surface area contributed by atoms with Gasteiger partial charge in [0.1, 0.15) is 0 Å². The molecule has 0 aliphatic carbocycles. The number of hydrogen-bond acceptors (Lipinski definition) is 6. The van der Waals surface area contributed by atoms with Crippen LogP contribution in [0, 0.1) is 13.8 Å². The van der Waals surface area contributed by atoms with Crippen LogP contribution in [0.2, 0.25) is 5.02 Å². The van der Waals surface area contributed by atoms with Crippen molar-refractivity contribution < 1.29 is 13.2 Å². The van der Waals surface area contributed by atoms with Crippen LogP contribution in [0.15, 0.2) is 41.3 Å². The number of halogens is 1. The maximum absolute atomic E-state index is 13.1. The molecule has 2 aromatic carbocycles. The largest absolute Gasteiger partial charge is 0.308 e. The predicted molar refractivity (Wildman–Crippen MR) is 133 cm³/mol. The highest BCUT2D eigenvalue weighted by Crippen LogP contribution is 2.33. The average molecular weight is 494 g/mol. The summed E-state index contributed by atoms with van der Waals surface area (Å²) in [5, 5.41) is 1.14. The SMILES string of the molecule is Cc1ccc(C)c2sc(N(CCN(C)C)C(=O)CCCS(=O)(=O)c3ccc(Cl)cc3)nc12. The number of fused-ring (bicyclic) bond motifs is 1. The molecule has 3 rings (SSSR count). The fraction of sp³-hybridized carbons (Fsp3) is 0.391. The number of carbonyl (C=O) groups is 1. The number of anilines is 1. The Morgan fingerprint density at radius 2 is 1.69 bits per heavy atom. The van der Waals surface area contributed by atoms with E-state index in [1.54, 1.807) is 17.0 Å². The lowest BCUT2D eigenvalue weighted by Gasteiger charge is -2.22. The first kappa shape index (κ1) is 24.6. The van der Waals surface area contributed by atoms with E-state index in [0.29, 0.717) is 23.2 Å². The van der Waals surface area contributed by atoms with Gasteiger partial charge in [-0.25, -0.2) is 13.4 Å². The maximum Gasteiger partial charge on any atom is 0.228 e. The second kappa shape index (κ2) is 10.3. The van der Waals surface area contributed by atoms with E-state index in [0.717, 1.165) is 21.3 Å². The lowest BCUT2D eigenvalue weighted by Crippen LogP contribution is -2.36. The molecule has 1 heterocycles. The van der Waals surface area contributed by atoms with E-state index in [1.807, 2.05) is 38.9 Å². The van der Waals surface area contributed by atoms with Gasteiger partial charge in [-0.05, 0) is 69.8 Å². The van der Waals surface area contributed by atoms with Crippen LogP contribution < -0.4 is 4.90 Å². The number of amides is 1. The lowest BCUT2D eigenvalue weighted by molar-refractivity contribution is -0.118. The number of carbonyl (C=O) groups excluding carboxylic acids is 1. The van der Waals surface area contributed by atoms with Crippen LogP contribution in [0.5, 0.6) is 0 Å². The third-order valence-electron chi connectivity index (χ3n) is 5.21. The van der Waals surface area contributed by atoms with E-state index in [1.165, 1.54) is 23.5 Å². The van der Waals surface area contributed by atoms with Gasteiger partial charge < -0.3 is 4.90 Å². The number of rotatable bonds is 9. The summed E-state index contributed by atoms with van der Waals surface area (Å²) >= 11 is 7.36. The molecule has 0 N–H and O–H groups in total. The molecule has 0 fully saturated rings. The molecule has 0 atom stereocenters. The lowest BCUT2D eigenvalue weighted by atomic mass is 10.1. The zero-order chi connectivity index (χ0) is 23.5. The molecule has 0 saturated carbocycles. The molecule has 0 spiro atoms. The third-order valence-corrected chi connectivity index (χ3v) is 8.49. The monoisotopic (exact) mass is 493 g/mol. The second-order valence-electron chi connectivity index (χ2n) is 8.10. The third kappa shape index (κ3) is 5.86. The van der Waals surface area contributed by atoms with Crippen molar-refractivity contribution in [1.29, 1.82) is 0 Å². The van der Waals surface area contributed by atoms with Gasteiger partial charge in [0.25, 0.3) is 0 Å². The first-order chi connectivity index (χ1) is 15.1. The zero-order valence-electron chi connectivity index (χ0n) is 18.8. The number of likely N-dealkylation sites (N-methyl/N-ethyl adjacent to an activating group) is 1.